The molecular weight excluding hydrogens is 242 g/mol. The first-order valence-corrected chi connectivity index (χ1v) is 5.53. The van der Waals surface area contributed by atoms with E-state index in [0.29, 0.717) is 0 Å². The fraction of sp³-hybridized carbons (Fsp3) is 0.455. The zero-order chi connectivity index (χ0) is 10.4. The largest absolute Gasteiger partial charge is 0.385 e. The smallest absolute Gasteiger partial charge is 0.0462 e. The number of halogens is 1. The molecule has 0 aromatic heterocycles. The van der Waals surface area contributed by atoms with Crippen LogP contribution in [0.4, 0.5) is 0 Å². The van der Waals surface area contributed by atoms with E-state index in [0.717, 1.165) is 23.9 Å². The van der Waals surface area contributed by atoms with Gasteiger partial charge in [-0.3, -0.25) is 0 Å². The summed E-state index contributed by atoms with van der Waals surface area (Å²) in [7, 11) is 1.71. The number of nitrogens with two attached hydrogens (primary N) is 1. The van der Waals surface area contributed by atoms with E-state index in [2.05, 4.69) is 28.1 Å². The van der Waals surface area contributed by atoms with E-state index in [4.69, 9.17) is 10.5 Å². The molecule has 3 heteroatoms. The van der Waals surface area contributed by atoms with E-state index in [1.54, 1.807) is 7.11 Å². The Kier molecular flexibility index (Phi) is 5.15. The Balaban J connectivity index is 2.43. The van der Waals surface area contributed by atoms with E-state index < -0.39 is 0 Å². The zero-order valence-electron chi connectivity index (χ0n) is 8.37. The van der Waals surface area contributed by atoms with Crippen molar-refractivity contribution in [2.75, 3.05) is 13.7 Å². The van der Waals surface area contributed by atoms with Crippen molar-refractivity contribution < 1.29 is 4.74 Å². The molecule has 1 atom stereocenters. The maximum Gasteiger partial charge on any atom is 0.0462 e. The highest BCUT2D eigenvalue weighted by atomic mass is 79.9. The van der Waals surface area contributed by atoms with Crippen molar-refractivity contribution in [3.8, 4) is 0 Å². The Bertz CT molecular complexity index is 260. The summed E-state index contributed by atoms with van der Waals surface area (Å²) >= 11 is 3.40. The lowest BCUT2D eigenvalue weighted by Gasteiger charge is -2.11. The number of benzene rings is 1. The average molecular weight is 258 g/mol. The molecule has 0 saturated heterocycles. The summed E-state index contributed by atoms with van der Waals surface area (Å²) in [5.74, 6) is 0. The SMILES string of the molecule is COCCCC(N)c1ccc(Br)cc1. The van der Waals surface area contributed by atoms with Crippen LogP contribution in [-0.4, -0.2) is 13.7 Å². The zero-order valence-corrected chi connectivity index (χ0v) is 9.96. The van der Waals surface area contributed by atoms with Crippen LogP contribution in [0.1, 0.15) is 24.4 Å². The first-order chi connectivity index (χ1) is 6.74. The number of methoxy groups -OCH3 is 1. The predicted octanol–water partition coefficient (Wildman–Crippen LogP) is 2.88. The van der Waals surface area contributed by atoms with Crippen molar-refractivity contribution in [2.45, 2.75) is 18.9 Å². The van der Waals surface area contributed by atoms with Crippen LogP contribution in [0.15, 0.2) is 28.7 Å². The fourth-order valence-corrected chi connectivity index (χ4v) is 1.59. The molecule has 2 N–H and O–H groups in total. The van der Waals surface area contributed by atoms with Crippen LogP contribution < -0.4 is 5.73 Å². The van der Waals surface area contributed by atoms with Gasteiger partial charge in [0.2, 0.25) is 0 Å². The van der Waals surface area contributed by atoms with Gasteiger partial charge in [-0.05, 0) is 30.5 Å². The quantitative estimate of drug-likeness (QED) is 0.824. The molecule has 0 aliphatic carbocycles. The summed E-state index contributed by atoms with van der Waals surface area (Å²) in [4.78, 5) is 0. The fourth-order valence-electron chi connectivity index (χ4n) is 1.32. The summed E-state index contributed by atoms with van der Waals surface area (Å²) in [5.41, 5.74) is 7.20. The van der Waals surface area contributed by atoms with Crippen molar-refractivity contribution in [1.82, 2.24) is 0 Å². The number of hydrogen-bond acceptors (Lipinski definition) is 2. The van der Waals surface area contributed by atoms with Gasteiger partial charge in [0.15, 0.2) is 0 Å². The molecule has 1 aromatic rings. The Hall–Kier alpha value is -0.380. The van der Waals surface area contributed by atoms with Crippen molar-refractivity contribution in [1.29, 1.82) is 0 Å². The van der Waals surface area contributed by atoms with Crippen molar-refractivity contribution in [2.24, 2.45) is 5.73 Å². The van der Waals surface area contributed by atoms with Gasteiger partial charge in [-0.25, -0.2) is 0 Å². The highest BCUT2D eigenvalue weighted by Gasteiger charge is 2.04. The van der Waals surface area contributed by atoms with Gasteiger partial charge < -0.3 is 10.5 Å². The molecule has 0 aliphatic heterocycles. The van der Waals surface area contributed by atoms with E-state index in [9.17, 15) is 0 Å². The van der Waals surface area contributed by atoms with Gasteiger partial charge in [0, 0.05) is 24.2 Å². The standard InChI is InChI=1S/C11H16BrNO/c1-14-8-2-3-11(13)9-4-6-10(12)7-5-9/h4-7,11H,2-3,8,13H2,1H3. The maximum absolute atomic E-state index is 6.01. The monoisotopic (exact) mass is 257 g/mol. The van der Waals surface area contributed by atoms with Gasteiger partial charge in [0.05, 0.1) is 0 Å². The minimum atomic E-state index is 0.123. The van der Waals surface area contributed by atoms with Crippen molar-refractivity contribution >= 4 is 15.9 Å². The van der Waals surface area contributed by atoms with Gasteiger partial charge >= 0.3 is 0 Å². The molecule has 0 fully saturated rings. The molecule has 2 nitrogen and oxygen atoms in total. The molecule has 78 valence electrons. The van der Waals surface area contributed by atoms with Crippen LogP contribution in [-0.2, 0) is 4.74 Å². The Morgan fingerprint density at radius 3 is 2.57 bits per heavy atom. The van der Waals surface area contributed by atoms with Gasteiger partial charge in [0.1, 0.15) is 0 Å². The third kappa shape index (κ3) is 3.78. The first kappa shape index (κ1) is 11.7. The van der Waals surface area contributed by atoms with E-state index >= 15 is 0 Å². The second-order valence-electron chi connectivity index (χ2n) is 3.29. The lowest BCUT2D eigenvalue weighted by atomic mass is 10.0. The van der Waals surface area contributed by atoms with Gasteiger partial charge in [0.25, 0.3) is 0 Å². The van der Waals surface area contributed by atoms with E-state index in [1.807, 2.05) is 12.1 Å². The highest BCUT2D eigenvalue weighted by molar-refractivity contribution is 9.10. The van der Waals surface area contributed by atoms with Crippen LogP contribution >= 0.6 is 15.9 Å². The number of ether oxygens (including phenoxy) is 1. The molecule has 1 unspecified atom stereocenters. The Morgan fingerprint density at radius 2 is 2.00 bits per heavy atom. The third-order valence-electron chi connectivity index (χ3n) is 2.16. The van der Waals surface area contributed by atoms with Crippen LogP contribution in [0.5, 0.6) is 0 Å². The maximum atomic E-state index is 6.01. The molecule has 0 bridgehead atoms. The van der Waals surface area contributed by atoms with Gasteiger partial charge in [-0.2, -0.15) is 0 Å². The first-order valence-electron chi connectivity index (χ1n) is 4.74. The number of rotatable bonds is 5. The summed E-state index contributed by atoms with van der Waals surface area (Å²) in [6, 6.07) is 8.28. The number of hydrogen-bond donors (Lipinski definition) is 1. The molecule has 1 aromatic carbocycles. The molecule has 0 saturated carbocycles. The summed E-state index contributed by atoms with van der Waals surface area (Å²) in [6.07, 6.45) is 1.98. The second-order valence-corrected chi connectivity index (χ2v) is 4.21. The van der Waals surface area contributed by atoms with Crippen LogP contribution in [0, 0.1) is 0 Å². The Morgan fingerprint density at radius 1 is 1.36 bits per heavy atom. The molecule has 0 heterocycles. The highest BCUT2D eigenvalue weighted by Crippen LogP contribution is 2.18. The lowest BCUT2D eigenvalue weighted by molar-refractivity contribution is 0.190. The van der Waals surface area contributed by atoms with Crippen LogP contribution in [0.25, 0.3) is 0 Å². The topological polar surface area (TPSA) is 35.2 Å². The average Bonchev–Trinajstić information content (AvgIpc) is 2.19. The molecule has 0 aliphatic rings. The second kappa shape index (κ2) is 6.17. The minimum Gasteiger partial charge on any atom is -0.385 e. The minimum absolute atomic E-state index is 0.123. The Labute approximate surface area is 93.6 Å². The van der Waals surface area contributed by atoms with Crippen LogP contribution in [0.3, 0.4) is 0 Å². The normalized spacial score (nSPS) is 12.8. The summed E-state index contributed by atoms with van der Waals surface area (Å²) in [6.45, 7) is 0.782. The molecule has 1 rings (SSSR count). The van der Waals surface area contributed by atoms with E-state index in [1.165, 1.54) is 5.56 Å². The summed E-state index contributed by atoms with van der Waals surface area (Å²) in [5, 5.41) is 0. The molecule has 14 heavy (non-hydrogen) atoms. The van der Waals surface area contributed by atoms with Crippen LogP contribution in [0.2, 0.25) is 0 Å². The van der Waals surface area contributed by atoms with Crippen molar-refractivity contribution in [3.05, 3.63) is 34.3 Å². The van der Waals surface area contributed by atoms with Crippen molar-refractivity contribution in [3.63, 3.8) is 0 Å². The van der Waals surface area contributed by atoms with E-state index in [-0.39, 0.29) is 6.04 Å². The molecule has 0 spiro atoms. The third-order valence-corrected chi connectivity index (χ3v) is 2.69. The summed E-state index contributed by atoms with van der Waals surface area (Å²) < 4.78 is 6.07. The van der Waals surface area contributed by atoms with Gasteiger partial charge in [-0.1, -0.05) is 28.1 Å². The lowest BCUT2D eigenvalue weighted by Crippen LogP contribution is -2.10. The predicted molar refractivity (Wildman–Crippen MR) is 62.2 cm³/mol. The molecular formula is C11H16BrNO. The van der Waals surface area contributed by atoms with Gasteiger partial charge in [-0.15, -0.1) is 0 Å². The molecule has 0 radical (unpaired) electrons. The molecule has 0 amide bonds.